The zero-order valence-corrected chi connectivity index (χ0v) is 18.0. The van der Waals surface area contributed by atoms with Gasteiger partial charge >= 0.3 is 5.97 Å². The summed E-state index contributed by atoms with van der Waals surface area (Å²) in [5.74, 6) is -0.908. The lowest BCUT2D eigenvalue weighted by Gasteiger charge is -2.34. The number of ether oxygens (including phenoxy) is 1. The van der Waals surface area contributed by atoms with Gasteiger partial charge in [-0.15, -0.1) is 0 Å². The number of fused-ring (bicyclic) bond motifs is 1. The molecule has 4 rings (SSSR count). The van der Waals surface area contributed by atoms with Crippen molar-refractivity contribution in [1.29, 1.82) is 0 Å². The molecule has 3 aromatic rings. The molecule has 0 spiro atoms. The Kier molecular flexibility index (Phi) is 6.32. The molecular formula is C26H25FN2O3. The van der Waals surface area contributed by atoms with Crippen molar-refractivity contribution in [3.05, 3.63) is 107 Å². The summed E-state index contributed by atoms with van der Waals surface area (Å²) in [5, 5.41) is 3.45. The number of hydrogen-bond donors (Lipinski definition) is 1. The molecule has 6 heteroatoms. The van der Waals surface area contributed by atoms with Crippen molar-refractivity contribution in [3.8, 4) is 0 Å². The molecule has 164 valence electrons. The maximum absolute atomic E-state index is 14.0. The first-order chi connectivity index (χ1) is 15.5. The molecule has 0 saturated carbocycles. The summed E-state index contributed by atoms with van der Waals surface area (Å²) >= 11 is 0. The lowest BCUT2D eigenvalue weighted by atomic mass is 10.0. The first-order valence-electron chi connectivity index (χ1n) is 10.5. The largest absolute Gasteiger partial charge is 0.469 e. The highest BCUT2D eigenvalue weighted by atomic mass is 19.1. The number of carbonyl (C=O) groups is 2. The van der Waals surface area contributed by atoms with E-state index in [0.717, 1.165) is 11.1 Å². The normalized spacial score (nSPS) is 17.0. The Morgan fingerprint density at radius 2 is 1.72 bits per heavy atom. The third kappa shape index (κ3) is 4.27. The van der Waals surface area contributed by atoms with Crippen LogP contribution in [0.15, 0.2) is 78.9 Å². The van der Waals surface area contributed by atoms with Crippen molar-refractivity contribution in [2.75, 3.05) is 7.11 Å². The smallest absolute Gasteiger partial charge is 0.307 e. The molecule has 0 aromatic heterocycles. The number of amides is 1. The van der Waals surface area contributed by atoms with Crippen LogP contribution in [-0.2, 0) is 9.53 Å². The standard InChI is InChI=1S/C26H25FN2O3/c1-17(18-9-4-3-5-10-18)29-25(21-13-6-7-14-22(21)26(29)31)28-23(16-24(30)32-2)19-11-8-12-20(27)15-19/h3-15,17,23,25,28H,16H2,1-2H3/t17-,23+,25-/m1/s1. The van der Waals surface area contributed by atoms with Crippen molar-refractivity contribution in [2.24, 2.45) is 0 Å². The lowest BCUT2D eigenvalue weighted by molar-refractivity contribution is -0.141. The van der Waals surface area contributed by atoms with E-state index >= 15 is 0 Å². The predicted molar refractivity (Wildman–Crippen MR) is 119 cm³/mol. The number of benzene rings is 3. The van der Waals surface area contributed by atoms with Gasteiger partial charge in [0.2, 0.25) is 0 Å². The summed E-state index contributed by atoms with van der Waals surface area (Å²) in [6, 6.07) is 22.6. The van der Waals surface area contributed by atoms with Gasteiger partial charge in [0.25, 0.3) is 5.91 Å². The highest BCUT2D eigenvalue weighted by Gasteiger charge is 2.40. The third-order valence-electron chi connectivity index (χ3n) is 5.91. The minimum absolute atomic E-state index is 0.000366. The Morgan fingerprint density at radius 1 is 1.03 bits per heavy atom. The van der Waals surface area contributed by atoms with Crippen LogP contribution in [0.5, 0.6) is 0 Å². The second kappa shape index (κ2) is 9.32. The molecule has 0 aliphatic carbocycles. The first kappa shape index (κ1) is 21.7. The topological polar surface area (TPSA) is 58.6 Å². The van der Waals surface area contributed by atoms with E-state index in [9.17, 15) is 14.0 Å². The molecule has 0 fully saturated rings. The number of esters is 1. The summed E-state index contributed by atoms with van der Waals surface area (Å²) in [6.45, 7) is 1.98. The number of rotatable bonds is 7. The van der Waals surface area contributed by atoms with Gasteiger partial charge in [0.05, 0.1) is 19.6 Å². The van der Waals surface area contributed by atoms with E-state index in [2.05, 4.69) is 5.32 Å². The zero-order valence-electron chi connectivity index (χ0n) is 18.0. The van der Waals surface area contributed by atoms with Crippen LogP contribution in [0, 0.1) is 5.82 Å². The summed E-state index contributed by atoms with van der Waals surface area (Å²) in [4.78, 5) is 27.4. The monoisotopic (exact) mass is 432 g/mol. The minimum atomic E-state index is -0.549. The summed E-state index contributed by atoms with van der Waals surface area (Å²) in [7, 11) is 1.32. The second-order valence-electron chi connectivity index (χ2n) is 7.84. The Hall–Kier alpha value is -3.51. The van der Waals surface area contributed by atoms with Crippen LogP contribution >= 0.6 is 0 Å². The highest BCUT2D eigenvalue weighted by molar-refractivity contribution is 5.99. The third-order valence-corrected chi connectivity index (χ3v) is 5.91. The van der Waals surface area contributed by atoms with Crippen LogP contribution in [-0.4, -0.2) is 23.9 Å². The molecule has 0 bridgehead atoms. The fourth-order valence-corrected chi connectivity index (χ4v) is 4.24. The number of nitrogens with one attached hydrogen (secondary N) is 1. The van der Waals surface area contributed by atoms with Gasteiger partial charge in [-0.25, -0.2) is 4.39 Å². The SMILES string of the molecule is COC(=O)C[C@H](N[C@H]1c2ccccc2C(=O)N1[C@H](C)c1ccccc1)c1cccc(F)c1. The first-order valence-corrected chi connectivity index (χ1v) is 10.5. The van der Waals surface area contributed by atoms with Crippen LogP contribution < -0.4 is 5.32 Å². The molecule has 0 unspecified atom stereocenters. The molecule has 3 atom stereocenters. The number of nitrogens with zero attached hydrogens (tertiary/aromatic N) is 1. The van der Waals surface area contributed by atoms with Crippen molar-refractivity contribution >= 4 is 11.9 Å². The predicted octanol–water partition coefficient (Wildman–Crippen LogP) is 4.94. The van der Waals surface area contributed by atoms with Gasteiger partial charge in [-0.05, 0) is 36.2 Å². The van der Waals surface area contributed by atoms with Crippen molar-refractivity contribution < 1.29 is 18.7 Å². The average Bonchev–Trinajstić information content (AvgIpc) is 3.10. The number of carbonyl (C=O) groups excluding carboxylic acids is 2. The van der Waals surface area contributed by atoms with E-state index in [1.807, 2.05) is 61.5 Å². The second-order valence-corrected chi connectivity index (χ2v) is 7.84. The van der Waals surface area contributed by atoms with Crippen LogP contribution in [0.2, 0.25) is 0 Å². The molecule has 1 amide bonds. The fourth-order valence-electron chi connectivity index (χ4n) is 4.24. The molecule has 1 heterocycles. The minimum Gasteiger partial charge on any atom is -0.469 e. The molecule has 0 radical (unpaired) electrons. The highest BCUT2D eigenvalue weighted by Crippen LogP contribution is 2.40. The van der Waals surface area contributed by atoms with Gasteiger partial charge in [0.1, 0.15) is 12.0 Å². The Balaban J connectivity index is 1.74. The van der Waals surface area contributed by atoms with E-state index in [-0.39, 0.29) is 18.4 Å². The van der Waals surface area contributed by atoms with Gasteiger partial charge < -0.3 is 9.64 Å². The van der Waals surface area contributed by atoms with E-state index in [1.165, 1.54) is 19.2 Å². The van der Waals surface area contributed by atoms with E-state index < -0.39 is 24.0 Å². The molecule has 1 aliphatic rings. The molecule has 32 heavy (non-hydrogen) atoms. The van der Waals surface area contributed by atoms with Crippen molar-refractivity contribution in [2.45, 2.75) is 31.6 Å². The van der Waals surface area contributed by atoms with Gasteiger partial charge in [-0.2, -0.15) is 0 Å². The van der Waals surface area contributed by atoms with E-state index in [4.69, 9.17) is 4.74 Å². The maximum atomic E-state index is 14.0. The Labute approximate surface area is 186 Å². The van der Waals surface area contributed by atoms with Crippen LogP contribution in [0.4, 0.5) is 4.39 Å². The average molecular weight is 432 g/mol. The number of methoxy groups -OCH3 is 1. The molecule has 5 nitrogen and oxygen atoms in total. The quantitative estimate of drug-likeness (QED) is 0.538. The van der Waals surface area contributed by atoms with E-state index in [0.29, 0.717) is 11.1 Å². The van der Waals surface area contributed by atoms with Gasteiger partial charge in [0, 0.05) is 17.2 Å². The molecule has 1 aliphatic heterocycles. The number of hydrogen-bond acceptors (Lipinski definition) is 4. The maximum Gasteiger partial charge on any atom is 0.307 e. The van der Waals surface area contributed by atoms with Crippen molar-refractivity contribution in [3.63, 3.8) is 0 Å². The van der Waals surface area contributed by atoms with Gasteiger partial charge in [-0.3, -0.25) is 14.9 Å². The summed E-state index contributed by atoms with van der Waals surface area (Å²) < 4.78 is 18.9. The number of halogens is 1. The van der Waals surface area contributed by atoms with Crippen LogP contribution in [0.25, 0.3) is 0 Å². The van der Waals surface area contributed by atoms with Crippen LogP contribution in [0.1, 0.15) is 58.6 Å². The summed E-state index contributed by atoms with van der Waals surface area (Å²) in [5.41, 5.74) is 3.05. The zero-order chi connectivity index (χ0) is 22.7. The van der Waals surface area contributed by atoms with E-state index in [1.54, 1.807) is 17.0 Å². The summed E-state index contributed by atoms with van der Waals surface area (Å²) in [6.07, 6.45) is -0.493. The lowest BCUT2D eigenvalue weighted by Crippen LogP contribution is -2.40. The van der Waals surface area contributed by atoms with Gasteiger partial charge in [0.15, 0.2) is 0 Å². The Bertz CT molecular complexity index is 1120. The van der Waals surface area contributed by atoms with Crippen LogP contribution in [0.3, 0.4) is 0 Å². The fraction of sp³-hybridized carbons (Fsp3) is 0.231. The molecular weight excluding hydrogens is 407 g/mol. The van der Waals surface area contributed by atoms with Crippen molar-refractivity contribution in [1.82, 2.24) is 10.2 Å². The molecule has 3 aromatic carbocycles. The molecule has 1 N–H and O–H groups in total. The Morgan fingerprint density at radius 3 is 2.44 bits per heavy atom. The van der Waals surface area contributed by atoms with Gasteiger partial charge in [-0.1, -0.05) is 60.7 Å². The molecule has 0 saturated heterocycles.